The van der Waals surface area contributed by atoms with E-state index in [1.807, 2.05) is 4.90 Å². The van der Waals surface area contributed by atoms with Crippen LogP contribution >= 0.6 is 0 Å². The van der Waals surface area contributed by atoms with Gasteiger partial charge in [-0.15, -0.1) is 0 Å². The first-order valence-corrected chi connectivity index (χ1v) is 10.8. The highest BCUT2D eigenvalue weighted by Crippen LogP contribution is 2.38. The van der Waals surface area contributed by atoms with Crippen molar-refractivity contribution in [2.75, 3.05) is 31.1 Å². The van der Waals surface area contributed by atoms with Crippen LogP contribution in [0.25, 0.3) is 10.9 Å². The summed E-state index contributed by atoms with van der Waals surface area (Å²) in [4.78, 5) is 40.6. The number of carbonyl (C=O) groups excluding carboxylic acids is 1. The Hall–Kier alpha value is -3.69. The summed E-state index contributed by atoms with van der Waals surface area (Å²) in [5.41, 5.74) is 0.826. The largest absolute Gasteiger partial charge is 0.477 e. The van der Waals surface area contributed by atoms with Crippen molar-refractivity contribution < 1.29 is 23.6 Å². The summed E-state index contributed by atoms with van der Waals surface area (Å²) in [5.74, 6) is -1.59. The summed E-state index contributed by atoms with van der Waals surface area (Å²) < 4.78 is 22.0. The van der Waals surface area contributed by atoms with Crippen molar-refractivity contribution in [2.45, 2.75) is 32.7 Å². The minimum Gasteiger partial charge on any atom is -0.477 e. The molecule has 33 heavy (non-hydrogen) atoms. The molecule has 172 valence electrons. The van der Waals surface area contributed by atoms with Gasteiger partial charge in [0.05, 0.1) is 16.9 Å². The average Bonchev–Trinajstić information content (AvgIpc) is 3.58. The van der Waals surface area contributed by atoms with Crippen LogP contribution in [0.2, 0.25) is 0 Å². The number of benzene rings is 1. The van der Waals surface area contributed by atoms with E-state index >= 15 is 4.39 Å². The number of aromatic nitrogens is 2. The van der Waals surface area contributed by atoms with Crippen LogP contribution in [0.15, 0.2) is 27.6 Å². The minimum atomic E-state index is -1.32. The quantitative estimate of drug-likeness (QED) is 0.646. The van der Waals surface area contributed by atoms with Crippen molar-refractivity contribution in [3.05, 3.63) is 57.0 Å². The molecule has 0 radical (unpaired) electrons. The Bertz CT molecular complexity index is 1330. The van der Waals surface area contributed by atoms with Crippen molar-refractivity contribution in [3.63, 3.8) is 0 Å². The fraction of sp³-hybridized carbons (Fsp3) is 0.391. The Morgan fingerprint density at radius 3 is 2.42 bits per heavy atom. The van der Waals surface area contributed by atoms with E-state index in [1.165, 1.54) is 6.20 Å². The van der Waals surface area contributed by atoms with E-state index in [0.717, 1.165) is 18.9 Å². The maximum atomic E-state index is 15.1. The Balaban J connectivity index is 1.45. The lowest BCUT2D eigenvalue weighted by atomic mass is 10.1. The molecule has 1 saturated carbocycles. The molecule has 1 aromatic carbocycles. The molecule has 1 aliphatic carbocycles. The molecule has 3 aromatic rings. The lowest BCUT2D eigenvalue weighted by Gasteiger charge is -2.36. The number of halogens is 1. The van der Waals surface area contributed by atoms with E-state index in [2.05, 4.69) is 5.16 Å². The zero-order chi connectivity index (χ0) is 23.4. The van der Waals surface area contributed by atoms with E-state index in [4.69, 9.17) is 4.52 Å². The van der Waals surface area contributed by atoms with Crippen LogP contribution in [-0.2, 0) is 0 Å². The molecule has 1 N–H and O–H groups in total. The van der Waals surface area contributed by atoms with Crippen LogP contribution in [0.1, 0.15) is 51.1 Å². The van der Waals surface area contributed by atoms with Gasteiger partial charge in [-0.05, 0) is 38.8 Å². The van der Waals surface area contributed by atoms with Gasteiger partial charge in [0, 0.05) is 43.8 Å². The third kappa shape index (κ3) is 3.55. The van der Waals surface area contributed by atoms with Crippen molar-refractivity contribution in [1.29, 1.82) is 0 Å². The molecule has 10 heteroatoms. The number of carboxylic acid groups (broad SMARTS) is 1. The maximum Gasteiger partial charge on any atom is 0.341 e. The van der Waals surface area contributed by atoms with E-state index in [0.29, 0.717) is 54.4 Å². The molecule has 2 aromatic heterocycles. The number of aryl methyl sites for hydroxylation is 2. The second kappa shape index (κ2) is 7.72. The number of aromatic carboxylic acids is 1. The standard InChI is InChI=1S/C23H23FN4O5/c1-12-20(13(2)33-25-12)22(30)27-7-5-26(6-8-27)19-10-18-15(9-17(19)24)21(29)16(23(31)32)11-28(18)14-3-4-14/h9-11,14H,3-8H2,1-2H3,(H,31,32). The van der Waals surface area contributed by atoms with Gasteiger partial charge < -0.3 is 24.0 Å². The highest BCUT2D eigenvalue weighted by Gasteiger charge is 2.30. The van der Waals surface area contributed by atoms with Gasteiger partial charge in [-0.3, -0.25) is 9.59 Å². The van der Waals surface area contributed by atoms with Crippen LogP contribution in [0.4, 0.5) is 10.1 Å². The van der Waals surface area contributed by atoms with Crippen molar-refractivity contribution in [3.8, 4) is 0 Å². The van der Waals surface area contributed by atoms with Gasteiger partial charge in [0.2, 0.25) is 5.43 Å². The van der Waals surface area contributed by atoms with Crippen LogP contribution in [0.5, 0.6) is 0 Å². The maximum absolute atomic E-state index is 15.1. The predicted octanol–water partition coefficient (Wildman–Crippen LogP) is 2.74. The molecule has 0 bridgehead atoms. The number of pyridine rings is 1. The average molecular weight is 454 g/mol. The molecule has 0 unspecified atom stereocenters. The fourth-order valence-corrected chi connectivity index (χ4v) is 4.50. The zero-order valence-electron chi connectivity index (χ0n) is 18.3. The molecule has 1 aliphatic heterocycles. The van der Waals surface area contributed by atoms with Crippen LogP contribution in [-0.4, -0.2) is 57.8 Å². The van der Waals surface area contributed by atoms with Gasteiger partial charge in [0.1, 0.15) is 22.7 Å². The Kier molecular flexibility index (Phi) is 4.95. The van der Waals surface area contributed by atoms with Crippen LogP contribution < -0.4 is 10.3 Å². The summed E-state index contributed by atoms with van der Waals surface area (Å²) in [6.45, 7) is 5.04. The second-order valence-corrected chi connectivity index (χ2v) is 8.61. The van der Waals surface area contributed by atoms with Gasteiger partial charge in [-0.25, -0.2) is 9.18 Å². The number of carbonyl (C=O) groups is 2. The number of nitrogens with zero attached hydrogens (tertiary/aromatic N) is 4. The third-order valence-corrected chi connectivity index (χ3v) is 6.43. The van der Waals surface area contributed by atoms with Crippen LogP contribution in [0, 0.1) is 19.7 Å². The topological polar surface area (TPSA) is 109 Å². The smallest absolute Gasteiger partial charge is 0.341 e. The lowest BCUT2D eigenvalue weighted by Crippen LogP contribution is -2.49. The predicted molar refractivity (Wildman–Crippen MR) is 117 cm³/mol. The number of hydrogen-bond donors (Lipinski definition) is 1. The molecule has 2 aliphatic rings. The van der Waals surface area contributed by atoms with E-state index in [1.54, 1.807) is 29.4 Å². The molecule has 3 heterocycles. The molecular formula is C23H23FN4O5. The van der Waals surface area contributed by atoms with Gasteiger partial charge in [0.25, 0.3) is 5.91 Å². The molecular weight excluding hydrogens is 431 g/mol. The number of piperazine rings is 1. The molecule has 0 spiro atoms. The molecule has 1 amide bonds. The van der Waals surface area contributed by atoms with Gasteiger partial charge in [-0.1, -0.05) is 5.16 Å². The molecule has 5 rings (SSSR count). The number of fused-ring (bicyclic) bond motifs is 1. The summed E-state index contributed by atoms with van der Waals surface area (Å²) in [7, 11) is 0. The van der Waals surface area contributed by atoms with Crippen LogP contribution in [0.3, 0.4) is 0 Å². The zero-order valence-corrected chi connectivity index (χ0v) is 18.3. The Morgan fingerprint density at radius 1 is 1.15 bits per heavy atom. The normalized spacial score (nSPS) is 16.5. The second-order valence-electron chi connectivity index (χ2n) is 8.61. The molecule has 0 atom stereocenters. The Morgan fingerprint density at radius 2 is 1.85 bits per heavy atom. The minimum absolute atomic E-state index is 0.0651. The third-order valence-electron chi connectivity index (χ3n) is 6.43. The summed E-state index contributed by atoms with van der Waals surface area (Å²) in [6, 6.07) is 2.87. The summed E-state index contributed by atoms with van der Waals surface area (Å²) in [5, 5.41) is 13.3. The number of rotatable bonds is 4. The lowest BCUT2D eigenvalue weighted by molar-refractivity contribution is 0.0693. The molecule has 2 fully saturated rings. The van der Waals surface area contributed by atoms with Gasteiger partial charge >= 0.3 is 5.97 Å². The summed E-state index contributed by atoms with van der Waals surface area (Å²) in [6.07, 6.45) is 3.13. The van der Waals surface area contributed by atoms with Crippen molar-refractivity contribution in [2.24, 2.45) is 0 Å². The molecule has 1 saturated heterocycles. The van der Waals surface area contributed by atoms with Crippen molar-refractivity contribution >= 4 is 28.5 Å². The van der Waals surface area contributed by atoms with E-state index in [9.17, 15) is 19.5 Å². The van der Waals surface area contributed by atoms with E-state index in [-0.39, 0.29) is 22.9 Å². The number of amides is 1. The number of anilines is 1. The fourth-order valence-electron chi connectivity index (χ4n) is 4.50. The number of carboxylic acids is 1. The first-order chi connectivity index (χ1) is 15.8. The summed E-state index contributed by atoms with van der Waals surface area (Å²) >= 11 is 0. The SMILES string of the molecule is Cc1noc(C)c1C(=O)N1CCN(c2cc3c(cc2F)c(=O)c(C(=O)O)cn3C2CC2)CC1. The Labute approximate surface area is 188 Å². The molecule has 9 nitrogen and oxygen atoms in total. The van der Waals surface area contributed by atoms with Gasteiger partial charge in [0.15, 0.2) is 0 Å². The first-order valence-electron chi connectivity index (χ1n) is 10.8. The first kappa shape index (κ1) is 21.2. The highest BCUT2D eigenvalue weighted by molar-refractivity contribution is 5.96. The van der Waals surface area contributed by atoms with Crippen molar-refractivity contribution in [1.82, 2.24) is 14.6 Å². The number of hydrogen-bond acceptors (Lipinski definition) is 6. The monoisotopic (exact) mass is 454 g/mol. The van der Waals surface area contributed by atoms with E-state index < -0.39 is 17.2 Å². The highest BCUT2D eigenvalue weighted by atomic mass is 19.1. The van der Waals surface area contributed by atoms with Gasteiger partial charge in [-0.2, -0.15) is 0 Å².